The highest BCUT2D eigenvalue weighted by Gasteiger charge is 2.15. The lowest BCUT2D eigenvalue weighted by Crippen LogP contribution is -2.34. The van der Waals surface area contributed by atoms with Crippen LogP contribution in [0.15, 0.2) is 29.1 Å². The number of nitrogens with zero attached hydrogens (tertiary/aromatic N) is 3. The van der Waals surface area contributed by atoms with E-state index in [9.17, 15) is 14.0 Å². The van der Waals surface area contributed by atoms with Crippen molar-refractivity contribution in [1.29, 1.82) is 0 Å². The molecule has 1 heterocycles. The number of urea groups is 1. The monoisotopic (exact) mass is 296 g/mol. The number of anilines is 1. The van der Waals surface area contributed by atoms with Crippen LogP contribution < -0.4 is 15.1 Å². The number of benzene rings is 1. The number of hydrogen-bond acceptors (Lipinski definition) is 4. The van der Waals surface area contributed by atoms with E-state index in [0.717, 1.165) is 11.3 Å². The SMILES string of the molecule is CNC(=O)N(C)c1nn(Cc2cccc(F)c2)c(=O)s1. The van der Waals surface area contributed by atoms with Crippen molar-refractivity contribution < 1.29 is 9.18 Å². The summed E-state index contributed by atoms with van der Waals surface area (Å²) in [5.74, 6) is -0.367. The maximum Gasteiger partial charge on any atom is 0.327 e. The first-order valence-electron chi connectivity index (χ1n) is 5.79. The Hall–Kier alpha value is -2.22. The molecule has 0 bridgehead atoms. The van der Waals surface area contributed by atoms with E-state index in [4.69, 9.17) is 0 Å². The highest BCUT2D eigenvalue weighted by Crippen LogP contribution is 2.13. The van der Waals surface area contributed by atoms with Crippen molar-refractivity contribution in [3.8, 4) is 0 Å². The topological polar surface area (TPSA) is 67.2 Å². The number of aromatic nitrogens is 2. The molecule has 0 atom stereocenters. The van der Waals surface area contributed by atoms with E-state index >= 15 is 0 Å². The van der Waals surface area contributed by atoms with Crippen molar-refractivity contribution in [3.63, 3.8) is 0 Å². The standard InChI is InChI=1S/C12H13FN4O2S/c1-14-10(18)16(2)11-15-17(12(19)20-11)7-8-4-3-5-9(13)6-8/h3-6H,7H2,1-2H3,(H,14,18). The van der Waals surface area contributed by atoms with Crippen LogP contribution in [0.3, 0.4) is 0 Å². The number of carbonyl (C=O) groups is 1. The summed E-state index contributed by atoms with van der Waals surface area (Å²) in [4.78, 5) is 24.2. The third kappa shape index (κ3) is 3.02. The van der Waals surface area contributed by atoms with Crippen LogP contribution in [0.4, 0.5) is 14.3 Å². The molecule has 6 nitrogen and oxygen atoms in total. The van der Waals surface area contributed by atoms with Crippen molar-refractivity contribution in [2.24, 2.45) is 0 Å². The first-order valence-corrected chi connectivity index (χ1v) is 6.60. The molecule has 1 aromatic carbocycles. The highest BCUT2D eigenvalue weighted by molar-refractivity contribution is 7.13. The molecular weight excluding hydrogens is 283 g/mol. The van der Waals surface area contributed by atoms with Crippen molar-refractivity contribution in [2.75, 3.05) is 19.0 Å². The molecule has 2 aromatic rings. The van der Waals surface area contributed by atoms with Crippen LogP contribution in [0.2, 0.25) is 0 Å². The average Bonchev–Trinajstić information content (AvgIpc) is 2.78. The van der Waals surface area contributed by atoms with Gasteiger partial charge in [-0.25, -0.2) is 13.9 Å². The van der Waals surface area contributed by atoms with Gasteiger partial charge in [-0.15, -0.1) is 5.10 Å². The second kappa shape index (κ2) is 5.83. The summed E-state index contributed by atoms with van der Waals surface area (Å²) in [6.07, 6.45) is 0. The van der Waals surface area contributed by atoms with E-state index in [-0.39, 0.29) is 28.4 Å². The van der Waals surface area contributed by atoms with Crippen molar-refractivity contribution in [2.45, 2.75) is 6.54 Å². The van der Waals surface area contributed by atoms with Crippen LogP contribution in [0.5, 0.6) is 0 Å². The molecule has 0 aliphatic heterocycles. The van der Waals surface area contributed by atoms with Gasteiger partial charge in [-0.2, -0.15) is 0 Å². The Kier molecular flexibility index (Phi) is 4.14. The van der Waals surface area contributed by atoms with Gasteiger partial charge in [0.1, 0.15) is 5.82 Å². The van der Waals surface area contributed by atoms with Gasteiger partial charge in [-0.05, 0) is 29.0 Å². The highest BCUT2D eigenvalue weighted by atomic mass is 32.1. The molecule has 1 N–H and O–H groups in total. The Morgan fingerprint density at radius 2 is 2.30 bits per heavy atom. The number of carbonyl (C=O) groups excluding carboxylic acids is 1. The fourth-order valence-electron chi connectivity index (χ4n) is 1.59. The van der Waals surface area contributed by atoms with Crippen LogP contribution in [-0.2, 0) is 6.54 Å². The van der Waals surface area contributed by atoms with Gasteiger partial charge < -0.3 is 5.32 Å². The van der Waals surface area contributed by atoms with Crippen molar-refractivity contribution in [3.05, 3.63) is 45.3 Å². The maximum atomic E-state index is 13.1. The number of rotatable bonds is 3. The molecule has 0 aliphatic rings. The fraction of sp³-hybridized carbons (Fsp3) is 0.250. The third-order valence-electron chi connectivity index (χ3n) is 2.62. The predicted molar refractivity (Wildman–Crippen MR) is 74.7 cm³/mol. The minimum Gasteiger partial charge on any atom is -0.341 e. The normalized spacial score (nSPS) is 10.3. The Bertz CT molecular complexity index is 682. The molecular formula is C12H13FN4O2S. The Morgan fingerprint density at radius 1 is 1.55 bits per heavy atom. The summed E-state index contributed by atoms with van der Waals surface area (Å²) >= 11 is 0.857. The van der Waals surface area contributed by atoms with E-state index in [1.807, 2.05) is 0 Å². The predicted octanol–water partition coefficient (Wildman–Crippen LogP) is 1.27. The molecule has 2 amide bonds. The molecule has 0 saturated carbocycles. The number of nitrogens with one attached hydrogen (secondary N) is 1. The van der Waals surface area contributed by atoms with Crippen LogP contribution in [0.25, 0.3) is 0 Å². The Balaban J connectivity index is 2.24. The molecule has 0 spiro atoms. The Morgan fingerprint density at radius 3 is 2.95 bits per heavy atom. The van der Waals surface area contributed by atoms with Gasteiger partial charge in [-0.3, -0.25) is 9.69 Å². The van der Waals surface area contributed by atoms with Gasteiger partial charge in [0.2, 0.25) is 5.13 Å². The quantitative estimate of drug-likeness (QED) is 0.927. The maximum absolute atomic E-state index is 13.1. The summed E-state index contributed by atoms with van der Waals surface area (Å²) < 4.78 is 14.3. The van der Waals surface area contributed by atoms with Crippen molar-refractivity contribution in [1.82, 2.24) is 15.1 Å². The lowest BCUT2D eigenvalue weighted by atomic mass is 10.2. The zero-order valence-electron chi connectivity index (χ0n) is 11.0. The molecule has 8 heteroatoms. The smallest absolute Gasteiger partial charge is 0.327 e. The second-order valence-electron chi connectivity index (χ2n) is 4.05. The summed E-state index contributed by atoms with van der Waals surface area (Å²) in [7, 11) is 3.01. The lowest BCUT2D eigenvalue weighted by molar-refractivity contribution is 0.249. The zero-order chi connectivity index (χ0) is 14.7. The molecule has 106 valence electrons. The molecule has 0 aliphatic carbocycles. The fourth-order valence-corrected chi connectivity index (χ4v) is 2.32. The molecule has 0 fully saturated rings. The van der Waals surface area contributed by atoms with Crippen LogP contribution in [-0.4, -0.2) is 29.9 Å². The number of hydrogen-bond donors (Lipinski definition) is 1. The second-order valence-corrected chi connectivity index (χ2v) is 4.97. The third-order valence-corrected chi connectivity index (χ3v) is 3.55. The molecule has 1 aromatic heterocycles. The van der Waals surface area contributed by atoms with Gasteiger partial charge in [0.05, 0.1) is 6.54 Å². The largest absolute Gasteiger partial charge is 0.341 e. The van der Waals surface area contributed by atoms with E-state index < -0.39 is 0 Å². The van der Waals surface area contributed by atoms with Crippen LogP contribution in [0.1, 0.15) is 5.56 Å². The Labute approximate surface area is 118 Å². The average molecular weight is 296 g/mol. The number of amides is 2. The van der Waals surface area contributed by atoms with Gasteiger partial charge in [-0.1, -0.05) is 12.1 Å². The van der Waals surface area contributed by atoms with E-state index in [1.54, 1.807) is 12.1 Å². The zero-order valence-corrected chi connectivity index (χ0v) is 11.8. The van der Waals surface area contributed by atoms with Gasteiger partial charge in [0, 0.05) is 14.1 Å². The lowest BCUT2D eigenvalue weighted by Gasteiger charge is -2.11. The van der Waals surface area contributed by atoms with Gasteiger partial charge >= 0.3 is 10.9 Å². The first kappa shape index (κ1) is 14.2. The van der Waals surface area contributed by atoms with Crippen molar-refractivity contribution >= 4 is 22.5 Å². The van der Waals surface area contributed by atoms with Gasteiger partial charge in [0.25, 0.3) is 0 Å². The van der Waals surface area contributed by atoms with Crippen LogP contribution >= 0.6 is 11.3 Å². The summed E-state index contributed by atoms with van der Waals surface area (Å²) in [6.45, 7) is 0.161. The van der Waals surface area contributed by atoms with E-state index in [2.05, 4.69) is 10.4 Å². The first-order chi connectivity index (χ1) is 9.51. The minimum absolute atomic E-state index is 0.161. The van der Waals surface area contributed by atoms with Crippen LogP contribution in [0, 0.1) is 5.82 Å². The van der Waals surface area contributed by atoms with Gasteiger partial charge in [0.15, 0.2) is 0 Å². The summed E-state index contributed by atoms with van der Waals surface area (Å²) in [5, 5.41) is 6.79. The van der Waals surface area contributed by atoms with E-state index in [1.165, 1.54) is 35.8 Å². The number of halogens is 1. The molecule has 20 heavy (non-hydrogen) atoms. The van der Waals surface area contributed by atoms with E-state index in [0.29, 0.717) is 5.56 Å². The molecule has 0 unspecified atom stereocenters. The minimum atomic E-state index is -0.367. The summed E-state index contributed by atoms with van der Waals surface area (Å²) in [5.41, 5.74) is 0.631. The molecule has 2 rings (SSSR count). The molecule has 0 saturated heterocycles. The summed E-state index contributed by atoms with van der Waals surface area (Å²) in [6, 6.07) is 5.58. The molecule has 0 radical (unpaired) electrons.